The summed E-state index contributed by atoms with van der Waals surface area (Å²) in [4.78, 5) is 3.98. The van der Waals surface area contributed by atoms with E-state index in [1.54, 1.807) is 19.6 Å². The van der Waals surface area contributed by atoms with E-state index in [4.69, 9.17) is 14.2 Å². The van der Waals surface area contributed by atoms with E-state index in [9.17, 15) is 0 Å². The minimum Gasteiger partial charge on any atom is -0.497 e. The fourth-order valence-corrected chi connectivity index (χ4v) is 2.04. The summed E-state index contributed by atoms with van der Waals surface area (Å²) in [5.74, 6) is 1.67. The van der Waals surface area contributed by atoms with Crippen LogP contribution >= 0.6 is 0 Å². The number of rotatable bonds is 10. The minimum absolute atomic E-state index is 0.514. The Balaban J connectivity index is 1.72. The Morgan fingerprint density at radius 2 is 2.18 bits per heavy atom. The van der Waals surface area contributed by atoms with Crippen molar-refractivity contribution in [3.8, 4) is 11.5 Å². The van der Waals surface area contributed by atoms with Crippen LogP contribution in [-0.2, 0) is 17.7 Å². The van der Waals surface area contributed by atoms with Crippen molar-refractivity contribution in [1.29, 1.82) is 0 Å². The van der Waals surface area contributed by atoms with Crippen molar-refractivity contribution in [3.63, 3.8) is 0 Å². The summed E-state index contributed by atoms with van der Waals surface area (Å²) in [7, 11) is 1.65. The van der Waals surface area contributed by atoms with Crippen LogP contribution in [0.5, 0.6) is 11.5 Å². The third-order valence-corrected chi connectivity index (χ3v) is 3.17. The number of hydrogen-bond acceptors (Lipinski definition) is 4. The van der Waals surface area contributed by atoms with Crippen molar-refractivity contribution in [3.05, 3.63) is 55.1 Å². The summed E-state index contributed by atoms with van der Waals surface area (Å²) >= 11 is 0. The molecule has 0 bridgehead atoms. The van der Waals surface area contributed by atoms with Gasteiger partial charge < -0.3 is 18.8 Å². The molecule has 5 nitrogen and oxygen atoms in total. The molecule has 0 unspecified atom stereocenters. The summed E-state index contributed by atoms with van der Waals surface area (Å²) in [6.45, 7) is 6.27. The maximum Gasteiger partial charge on any atom is 0.123 e. The van der Waals surface area contributed by atoms with Crippen LogP contribution in [0.25, 0.3) is 0 Å². The molecular weight excluding hydrogens is 280 g/mol. The molecule has 2 aromatic rings. The first-order chi connectivity index (χ1) is 10.8. The highest BCUT2D eigenvalue weighted by Gasteiger charge is 2.04. The van der Waals surface area contributed by atoms with Crippen LogP contribution in [0.3, 0.4) is 0 Å². The van der Waals surface area contributed by atoms with Crippen LogP contribution in [0.4, 0.5) is 0 Å². The first-order valence-corrected chi connectivity index (χ1v) is 7.27. The first-order valence-electron chi connectivity index (χ1n) is 7.27. The van der Waals surface area contributed by atoms with Crippen molar-refractivity contribution in [2.24, 2.45) is 0 Å². The number of ether oxygens (including phenoxy) is 3. The third kappa shape index (κ3) is 4.93. The molecule has 1 aromatic carbocycles. The van der Waals surface area contributed by atoms with Gasteiger partial charge in [0.15, 0.2) is 0 Å². The second-order valence-electron chi connectivity index (χ2n) is 4.73. The smallest absolute Gasteiger partial charge is 0.123 e. The van der Waals surface area contributed by atoms with Crippen molar-refractivity contribution in [2.45, 2.75) is 13.0 Å². The van der Waals surface area contributed by atoms with Crippen LogP contribution in [0, 0.1) is 0 Å². The molecule has 118 valence electrons. The summed E-state index contributed by atoms with van der Waals surface area (Å²) < 4.78 is 18.5. The van der Waals surface area contributed by atoms with Crippen LogP contribution in [0.1, 0.15) is 5.56 Å². The van der Waals surface area contributed by atoms with Gasteiger partial charge in [-0.1, -0.05) is 6.08 Å². The second kappa shape index (κ2) is 8.89. The summed E-state index contributed by atoms with van der Waals surface area (Å²) in [5.41, 5.74) is 1.06. The average molecular weight is 302 g/mol. The normalized spacial score (nSPS) is 10.4. The molecule has 0 aliphatic heterocycles. The maximum atomic E-state index is 5.78. The van der Waals surface area contributed by atoms with E-state index in [0.717, 1.165) is 30.0 Å². The van der Waals surface area contributed by atoms with Gasteiger partial charge in [0.25, 0.3) is 0 Å². The number of methoxy groups -OCH3 is 1. The molecule has 0 atom stereocenters. The van der Waals surface area contributed by atoms with Gasteiger partial charge >= 0.3 is 0 Å². The number of hydrogen-bond donors (Lipinski definition) is 0. The zero-order valence-electron chi connectivity index (χ0n) is 12.9. The molecular formula is C17H22N2O3. The van der Waals surface area contributed by atoms with Gasteiger partial charge in [-0.15, -0.1) is 6.58 Å². The molecule has 0 N–H and O–H groups in total. The fraction of sp³-hybridized carbons (Fsp3) is 0.353. The highest BCUT2D eigenvalue weighted by Crippen LogP contribution is 2.24. The van der Waals surface area contributed by atoms with Crippen LogP contribution < -0.4 is 9.47 Å². The standard InChI is InChI=1S/C17H22N2O3/c1-3-4-15-13-16(20-2)5-6-17(15)22-12-11-21-10-9-19-8-7-18-14-19/h3,5-8,13-14H,1,4,9-12H2,2H3. The van der Waals surface area contributed by atoms with E-state index in [1.165, 1.54) is 0 Å². The second-order valence-corrected chi connectivity index (χ2v) is 4.73. The van der Waals surface area contributed by atoms with Gasteiger partial charge in [-0.05, 0) is 24.6 Å². The summed E-state index contributed by atoms with van der Waals surface area (Å²) in [6.07, 6.45) is 8.04. The molecule has 1 aromatic heterocycles. The van der Waals surface area contributed by atoms with Gasteiger partial charge in [-0.2, -0.15) is 0 Å². The number of aromatic nitrogens is 2. The zero-order chi connectivity index (χ0) is 15.6. The molecule has 22 heavy (non-hydrogen) atoms. The van der Waals surface area contributed by atoms with Gasteiger partial charge in [0.05, 0.1) is 26.7 Å². The highest BCUT2D eigenvalue weighted by atomic mass is 16.5. The summed E-state index contributed by atoms with van der Waals surface area (Å²) in [6, 6.07) is 5.78. The predicted octanol–water partition coefficient (Wildman–Crippen LogP) is 2.72. The van der Waals surface area contributed by atoms with E-state index in [0.29, 0.717) is 19.8 Å². The van der Waals surface area contributed by atoms with Gasteiger partial charge in [-0.25, -0.2) is 4.98 Å². The lowest BCUT2D eigenvalue weighted by molar-refractivity contribution is 0.0941. The molecule has 0 aliphatic carbocycles. The molecule has 0 spiro atoms. The van der Waals surface area contributed by atoms with E-state index in [-0.39, 0.29) is 0 Å². The molecule has 0 aliphatic rings. The molecule has 2 rings (SSSR count). The molecule has 5 heteroatoms. The van der Waals surface area contributed by atoms with Gasteiger partial charge in [-0.3, -0.25) is 0 Å². The van der Waals surface area contributed by atoms with Gasteiger partial charge in [0.1, 0.15) is 18.1 Å². The highest BCUT2D eigenvalue weighted by molar-refractivity contribution is 5.41. The van der Waals surface area contributed by atoms with Gasteiger partial charge in [0.2, 0.25) is 0 Å². The van der Waals surface area contributed by atoms with Crippen molar-refractivity contribution in [1.82, 2.24) is 9.55 Å². The Bertz CT molecular complexity index is 567. The lowest BCUT2D eigenvalue weighted by Gasteiger charge is -2.12. The molecule has 0 saturated carbocycles. The van der Waals surface area contributed by atoms with Crippen LogP contribution in [0.2, 0.25) is 0 Å². The van der Waals surface area contributed by atoms with Gasteiger partial charge in [0, 0.05) is 24.5 Å². The molecule has 0 saturated heterocycles. The molecule has 0 radical (unpaired) electrons. The fourth-order valence-electron chi connectivity index (χ4n) is 2.04. The van der Waals surface area contributed by atoms with Crippen molar-refractivity contribution < 1.29 is 14.2 Å². The lowest BCUT2D eigenvalue weighted by Crippen LogP contribution is -2.11. The quantitative estimate of drug-likeness (QED) is 0.500. The monoisotopic (exact) mass is 302 g/mol. The first kappa shape index (κ1) is 16.1. The Labute approximate surface area is 131 Å². The number of imidazole rings is 1. The van der Waals surface area contributed by atoms with E-state index in [1.807, 2.05) is 35.0 Å². The topological polar surface area (TPSA) is 45.5 Å². The zero-order valence-corrected chi connectivity index (χ0v) is 12.9. The molecule has 0 amide bonds. The van der Waals surface area contributed by atoms with E-state index >= 15 is 0 Å². The number of benzene rings is 1. The number of allylic oxidation sites excluding steroid dienone is 1. The van der Waals surface area contributed by atoms with Crippen molar-refractivity contribution >= 4 is 0 Å². The van der Waals surface area contributed by atoms with E-state index < -0.39 is 0 Å². The SMILES string of the molecule is C=CCc1cc(OC)ccc1OCCOCCn1ccnc1. The molecule has 0 fully saturated rings. The Hall–Kier alpha value is -2.27. The third-order valence-electron chi connectivity index (χ3n) is 3.17. The Morgan fingerprint density at radius 3 is 2.91 bits per heavy atom. The Morgan fingerprint density at radius 1 is 1.27 bits per heavy atom. The Kier molecular flexibility index (Phi) is 6.51. The number of nitrogens with zero attached hydrogens (tertiary/aromatic N) is 2. The summed E-state index contributed by atoms with van der Waals surface area (Å²) in [5, 5.41) is 0. The predicted molar refractivity (Wildman–Crippen MR) is 85.4 cm³/mol. The lowest BCUT2D eigenvalue weighted by atomic mass is 10.1. The average Bonchev–Trinajstić information content (AvgIpc) is 3.05. The molecule has 1 heterocycles. The van der Waals surface area contributed by atoms with Crippen molar-refractivity contribution in [2.75, 3.05) is 26.9 Å². The largest absolute Gasteiger partial charge is 0.497 e. The minimum atomic E-state index is 0.514. The van der Waals surface area contributed by atoms with Crippen LogP contribution in [-0.4, -0.2) is 36.5 Å². The van der Waals surface area contributed by atoms with Crippen LogP contribution in [0.15, 0.2) is 49.6 Å². The van der Waals surface area contributed by atoms with E-state index in [2.05, 4.69) is 11.6 Å². The maximum absolute atomic E-state index is 5.78.